The van der Waals surface area contributed by atoms with Crippen molar-refractivity contribution in [1.29, 1.82) is 5.26 Å². The predicted octanol–water partition coefficient (Wildman–Crippen LogP) is 3.26. The van der Waals surface area contributed by atoms with E-state index in [0.29, 0.717) is 0 Å². The van der Waals surface area contributed by atoms with Crippen LogP contribution in [0.4, 0.5) is 0 Å². The molecule has 2 nitrogen and oxygen atoms in total. The van der Waals surface area contributed by atoms with Gasteiger partial charge in [0.25, 0.3) is 0 Å². The predicted molar refractivity (Wildman–Crippen MR) is 71.9 cm³/mol. The van der Waals surface area contributed by atoms with Gasteiger partial charge in [0, 0.05) is 6.04 Å². The van der Waals surface area contributed by atoms with Gasteiger partial charge in [0.05, 0.1) is 11.5 Å². The lowest BCUT2D eigenvalue weighted by molar-refractivity contribution is 0.169. The van der Waals surface area contributed by atoms with Crippen molar-refractivity contribution in [2.24, 2.45) is 11.1 Å². The van der Waals surface area contributed by atoms with Crippen molar-refractivity contribution in [2.75, 3.05) is 0 Å². The van der Waals surface area contributed by atoms with Gasteiger partial charge in [-0.05, 0) is 55.2 Å². The van der Waals surface area contributed by atoms with E-state index in [1.54, 1.807) is 0 Å². The smallest absolute Gasteiger partial charge is 0.0766 e. The van der Waals surface area contributed by atoms with Crippen LogP contribution in [0.25, 0.3) is 0 Å². The van der Waals surface area contributed by atoms with E-state index in [4.69, 9.17) is 5.73 Å². The second-order valence-corrected chi connectivity index (χ2v) is 5.83. The third-order valence-electron chi connectivity index (χ3n) is 4.80. The maximum absolute atomic E-state index is 9.38. The van der Waals surface area contributed by atoms with E-state index in [1.807, 2.05) is 0 Å². The molecule has 1 atom stereocenters. The van der Waals surface area contributed by atoms with Crippen molar-refractivity contribution < 1.29 is 0 Å². The lowest BCUT2D eigenvalue weighted by Gasteiger charge is -2.40. The molecule has 1 unspecified atom stereocenters. The highest BCUT2D eigenvalue weighted by atomic mass is 14.7. The third kappa shape index (κ3) is 1.74. The summed E-state index contributed by atoms with van der Waals surface area (Å²) < 4.78 is 0. The zero-order chi connectivity index (χ0) is 12.6. The van der Waals surface area contributed by atoms with Gasteiger partial charge in [-0.25, -0.2) is 0 Å². The largest absolute Gasteiger partial charge is 0.323 e. The molecule has 0 radical (unpaired) electrons. The first-order valence-electron chi connectivity index (χ1n) is 7.04. The Morgan fingerprint density at radius 1 is 1.11 bits per heavy atom. The van der Waals surface area contributed by atoms with Crippen LogP contribution in [0.15, 0.2) is 18.2 Å². The van der Waals surface area contributed by atoms with Crippen LogP contribution in [0.2, 0.25) is 0 Å². The number of nitrogens with zero attached hydrogens (tertiary/aromatic N) is 1. The van der Waals surface area contributed by atoms with Crippen LogP contribution in [0.5, 0.6) is 0 Å². The summed E-state index contributed by atoms with van der Waals surface area (Å²) in [5.41, 5.74) is 10.2. The number of nitriles is 1. The fourth-order valence-electron chi connectivity index (χ4n) is 3.32. The van der Waals surface area contributed by atoms with Crippen LogP contribution < -0.4 is 5.73 Å². The fourth-order valence-corrected chi connectivity index (χ4v) is 3.32. The van der Waals surface area contributed by atoms with Gasteiger partial charge in [0.1, 0.15) is 0 Å². The third-order valence-corrected chi connectivity index (χ3v) is 4.80. The quantitative estimate of drug-likeness (QED) is 0.862. The van der Waals surface area contributed by atoms with Gasteiger partial charge in [0.2, 0.25) is 0 Å². The van der Waals surface area contributed by atoms with Gasteiger partial charge in [-0.2, -0.15) is 5.26 Å². The van der Waals surface area contributed by atoms with E-state index in [2.05, 4.69) is 24.3 Å². The molecular weight excluding hydrogens is 220 g/mol. The molecule has 2 heteroatoms. The van der Waals surface area contributed by atoms with E-state index in [0.717, 1.165) is 24.8 Å². The molecule has 2 aliphatic rings. The molecule has 1 fully saturated rings. The first kappa shape index (κ1) is 11.7. The summed E-state index contributed by atoms with van der Waals surface area (Å²) in [6.07, 6.45) is 8.04. The maximum Gasteiger partial charge on any atom is 0.0766 e. The molecule has 18 heavy (non-hydrogen) atoms. The molecule has 94 valence electrons. The summed E-state index contributed by atoms with van der Waals surface area (Å²) in [4.78, 5) is 0. The molecule has 0 bridgehead atoms. The van der Waals surface area contributed by atoms with Gasteiger partial charge >= 0.3 is 0 Å². The number of hydrogen-bond donors (Lipinski definition) is 1. The normalized spacial score (nSPS) is 22.4. The van der Waals surface area contributed by atoms with Crippen molar-refractivity contribution in [3.05, 3.63) is 34.9 Å². The van der Waals surface area contributed by atoms with Gasteiger partial charge in [-0.1, -0.05) is 24.6 Å². The van der Waals surface area contributed by atoms with Crippen LogP contribution in [0.1, 0.15) is 54.8 Å². The Balaban J connectivity index is 1.90. The minimum atomic E-state index is -0.289. The summed E-state index contributed by atoms with van der Waals surface area (Å²) in [6.45, 7) is 0. The van der Waals surface area contributed by atoms with Crippen LogP contribution >= 0.6 is 0 Å². The molecule has 0 amide bonds. The van der Waals surface area contributed by atoms with Crippen molar-refractivity contribution in [3.63, 3.8) is 0 Å². The second-order valence-electron chi connectivity index (χ2n) is 5.83. The summed E-state index contributed by atoms with van der Waals surface area (Å²) in [7, 11) is 0. The van der Waals surface area contributed by atoms with Crippen molar-refractivity contribution in [2.45, 2.75) is 51.0 Å². The molecule has 1 aromatic rings. The zero-order valence-electron chi connectivity index (χ0n) is 10.8. The Kier molecular flexibility index (Phi) is 2.87. The monoisotopic (exact) mass is 240 g/mol. The zero-order valence-corrected chi connectivity index (χ0v) is 10.8. The van der Waals surface area contributed by atoms with E-state index >= 15 is 0 Å². The lowest BCUT2D eigenvalue weighted by atomic mass is 9.63. The highest BCUT2D eigenvalue weighted by Crippen LogP contribution is 2.48. The van der Waals surface area contributed by atoms with Crippen LogP contribution in [-0.2, 0) is 12.8 Å². The average molecular weight is 240 g/mol. The molecule has 2 N–H and O–H groups in total. The molecule has 3 rings (SSSR count). The van der Waals surface area contributed by atoms with Gasteiger partial charge in [0.15, 0.2) is 0 Å². The molecule has 0 heterocycles. The number of aryl methyl sites for hydroxylation is 2. The van der Waals surface area contributed by atoms with Crippen LogP contribution in [0, 0.1) is 16.7 Å². The molecule has 0 spiro atoms. The van der Waals surface area contributed by atoms with Crippen LogP contribution in [-0.4, -0.2) is 0 Å². The molecular formula is C16H20N2. The highest BCUT2D eigenvalue weighted by molar-refractivity contribution is 5.37. The Hall–Kier alpha value is -1.33. The summed E-state index contributed by atoms with van der Waals surface area (Å²) >= 11 is 0. The standard InChI is InChI=1S/C16H20N2/c17-11-16(8-3-9-16)15(18)14-7-6-12-4-1-2-5-13(12)10-14/h6-7,10,15H,1-5,8-9,18H2. The number of hydrogen-bond acceptors (Lipinski definition) is 2. The van der Waals surface area contributed by atoms with Crippen molar-refractivity contribution in [1.82, 2.24) is 0 Å². The van der Waals surface area contributed by atoms with E-state index in [-0.39, 0.29) is 11.5 Å². The number of nitrogens with two attached hydrogens (primary N) is 1. The van der Waals surface area contributed by atoms with Crippen LogP contribution in [0.3, 0.4) is 0 Å². The number of fused-ring (bicyclic) bond motifs is 1. The Bertz CT molecular complexity index is 494. The second kappa shape index (κ2) is 4.40. The van der Waals surface area contributed by atoms with Crippen molar-refractivity contribution in [3.8, 4) is 6.07 Å². The van der Waals surface area contributed by atoms with E-state index < -0.39 is 0 Å². The summed E-state index contributed by atoms with van der Waals surface area (Å²) in [6, 6.07) is 9.00. The average Bonchev–Trinajstić information content (AvgIpc) is 2.37. The topological polar surface area (TPSA) is 49.8 Å². The molecule has 2 aliphatic carbocycles. The molecule has 1 saturated carbocycles. The number of rotatable bonds is 2. The Morgan fingerprint density at radius 3 is 2.44 bits per heavy atom. The Labute approximate surface area is 109 Å². The highest BCUT2D eigenvalue weighted by Gasteiger charge is 2.43. The first-order chi connectivity index (χ1) is 8.75. The minimum absolute atomic E-state index is 0.108. The fraction of sp³-hybridized carbons (Fsp3) is 0.562. The van der Waals surface area contributed by atoms with Gasteiger partial charge in [-0.15, -0.1) is 0 Å². The summed E-state index contributed by atoms with van der Waals surface area (Å²) in [5.74, 6) is 0. The number of benzene rings is 1. The van der Waals surface area contributed by atoms with E-state index in [9.17, 15) is 5.26 Å². The lowest BCUT2D eigenvalue weighted by Crippen LogP contribution is -2.39. The Morgan fingerprint density at radius 2 is 1.83 bits per heavy atom. The van der Waals surface area contributed by atoms with E-state index in [1.165, 1.54) is 36.8 Å². The first-order valence-corrected chi connectivity index (χ1v) is 7.04. The minimum Gasteiger partial charge on any atom is -0.323 e. The van der Waals surface area contributed by atoms with Gasteiger partial charge < -0.3 is 5.73 Å². The molecule has 0 aliphatic heterocycles. The SMILES string of the molecule is N#CC1(C(N)c2ccc3c(c2)CCCC3)CCC1. The molecule has 0 aromatic heterocycles. The molecule has 1 aromatic carbocycles. The van der Waals surface area contributed by atoms with Crippen molar-refractivity contribution >= 4 is 0 Å². The molecule has 0 saturated heterocycles. The van der Waals surface area contributed by atoms with Gasteiger partial charge in [-0.3, -0.25) is 0 Å². The summed E-state index contributed by atoms with van der Waals surface area (Å²) in [5, 5.41) is 9.38. The maximum atomic E-state index is 9.38.